The Morgan fingerprint density at radius 3 is 2.93 bits per heavy atom. The van der Waals surface area contributed by atoms with Gasteiger partial charge in [0.1, 0.15) is 5.75 Å². The molecule has 2 spiro atoms. The smallest absolute Gasteiger partial charge is 0.308 e. The lowest BCUT2D eigenvalue weighted by Crippen LogP contribution is -2.73. The second-order valence-corrected chi connectivity index (χ2v) is 9.00. The first kappa shape index (κ1) is 15.9. The van der Waals surface area contributed by atoms with E-state index in [1.165, 1.54) is 0 Å². The van der Waals surface area contributed by atoms with Crippen molar-refractivity contribution in [3.05, 3.63) is 23.8 Å². The highest BCUT2D eigenvalue weighted by Crippen LogP contribution is 2.73. The van der Waals surface area contributed by atoms with Crippen LogP contribution in [-0.2, 0) is 19.7 Å². The number of fused-ring (bicyclic) bond motifs is 1. The van der Waals surface area contributed by atoms with Crippen molar-refractivity contribution in [2.75, 3.05) is 18.0 Å². The molecule has 4 heterocycles. The van der Waals surface area contributed by atoms with Gasteiger partial charge in [-0.2, -0.15) is 0 Å². The summed E-state index contributed by atoms with van der Waals surface area (Å²) in [6.45, 7) is 3.37. The third-order valence-electron chi connectivity index (χ3n) is 8.22. The lowest BCUT2D eigenvalue weighted by molar-refractivity contribution is -0.230. The minimum absolute atomic E-state index is 0.0536. The minimum atomic E-state index is -0.676. The molecular formula is C21H24N2O4. The number of ether oxygens (including phenoxy) is 1. The van der Waals surface area contributed by atoms with E-state index in [1.807, 2.05) is 12.1 Å². The Kier molecular flexibility index (Phi) is 2.75. The molecule has 0 aromatic heterocycles. The number of para-hydroxylation sites is 1. The fraction of sp³-hybridized carbons (Fsp3) is 0.619. The van der Waals surface area contributed by atoms with Gasteiger partial charge in [-0.25, -0.2) is 0 Å². The van der Waals surface area contributed by atoms with E-state index in [0.29, 0.717) is 12.1 Å². The maximum absolute atomic E-state index is 12.7. The van der Waals surface area contributed by atoms with Crippen LogP contribution in [0.3, 0.4) is 0 Å². The second-order valence-electron chi connectivity index (χ2n) is 9.00. The number of benzene rings is 1. The molecule has 1 aromatic carbocycles. The third kappa shape index (κ3) is 1.45. The molecule has 5 aliphatic rings. The van der Waals surface area contributed by atoms with Gasteiger partial charge < -0.3 is 14.7 Å². The zero-order valence-electron chi connectivity index (χ0n) is 15.5. The number of phenols is 1. The molecule has 4 unspecified atom stereocenters. The Morgan fingerprint density at radius 2 is 2.11 bits per heavy atom. The Bertz CT molecular complexity index is 900. The van der Waals surface area contributed by atoms with Crippen molar-refractivity contribution in [2.24, 2.45) is 5.41 Å². The highest BCUT2D eigenvalue weighted by molar-refractivity contribution is 5.98. The van der Waals surface area contributed by atoms with Gasteiger partial charge in [0.05, 0.1) is 23.6 Å². The van der Waals surface area contributed by atoms with Crippen LogP contribution in [0.15, 0.2) is 18.2 Å². The average molecular weight is 368 g/mol. The van der Waals surface area contributed by atoms with E-state index < -0.39 is 11.1 Å². The second kappa shape index (κ2) is 4.66. The van der Waals surface area contributed by atoms with Crippen LogP contribution in [0.25, 0.3) is 0 Å². The van der Waals surface area contributed by atoms with Crippen LogP contribution in [0.4, 0.5) is 5.69 Å². The summed E-state index contributed by atoms with van der Waals surface area (Å²) < 4.78 is 6.33. The first-order chi connectivity index (χ1) is 13.0. The van der Waals surface area contributed by atoms with Crippen molar-refractivity contribution in [2.45, 2.75) is 62.6 Å². The fourth-order valence-electron chi connectivity index (χ4n) is 7.68. The molecule has 1 aromatic rings. The molecule has 4 atom stereocenters. The zero-order valence-corrected chi connectivity index (χ0v) is 15.5. The highest BCUT2D eigenvalue weighted by Gasteiger charge is 2.82. The first-order valence-corrected chi connectivity index (χ1v) is 10.1. The number of nitrogens with zero attached hydrogens (tertiary/aromatic N) is 2. The quantitative estimate of drug-likeness (QED) is 0.712. The number of hydrogen-bond acceptors (Lipinski definition) is 5. The van der Waals surface area contributed by atoms with Crippen molar-refractivity contribution in [1.29, 1.82) is 0 Å². The maximum Gasteiger partial charge on any atom is 0.308 e. The monoisotopic (exact) mass is 368 g/mol. The minimum Gasteiger partial charge on any atom is -0.506 e. The van der Waals surface area contributed by atoms with Crippen molar-refractivity contribution >= 4 is 17.6 Å². The number of esters is 1. The summed E-state index contributed by atoms with van der Waals surface area (Å²) in [5, 5.41) is 10.7. The van der Waals surface area contributed by atoms with Gasteiger partial charge in [-0.15, -0.1) is 0 Å². The Labute approximate surface area is 158 Å². The molecule has 0 bridgehead atoms. The molecule has 1 N–H and O–H groups in total. The van der Waals surface area contributed by atoms with E-state index >= 15 is 0 Å². The van der Waals surface area contributed by atoms with Crippen LogP contribution >= 0.6 is 0 Å². The Balaban J connectivity index is 1.70. The molecule has 142 valence electrons. The summed E-state index contributed by atoms with van der Waals surface area (Å²) in [4.78, 5) is 29.6. The fourth-order valence-corrected chi connectivity index (χ4v) is 7.68. The molecule has 0 radical (unpaired) electrons. The van der Waals surface area contributed by atoms with Gasteiger partial charge in [-0.05, 0) is 43.7 Å². The first-order valence-electron chi connectivity index (χ1n) is 10.1. The predicted octanol–water partition coefficient (Wildman–Crippen LogP) is 2.29. The molecule has 6 rings (SSSR count). The van der Waals surface area contributed by atoms with Crippen molar-refractivity contribution in [3.8, 4) is 5.75 Å². The van der Waals surface area contributed by atoms with Crippen molar-refractivity contribution in [3.63, 3.8) is 0 Å². The lowest BCUT2D eigenvalue weighted by Gasteiger charge is -2.61. The number of hydrogen-bond donors (Lipinski definition) is 1. The summed E-state index contributed by atoms with van der Waals surface area (Å²) in [7, 11) is 0. The lowest BCUT2D eigenvalue weighted by atomic mass is 9.50. The van der Waals surface area contributed by atoms with E-state index in [2.05, 4.69) is 4.90 Å². The standard InChI is InChI=1S/C21H24N2O4/c1-13(24)23-16-6-8-19-7-3-10-22-11-9-20(16,21(19,22)27-17(26)12-19)14-4-2-5-15(25)18(14)23/h2,4-5,16,25H,3,6-12H2,1H3. The Morgan fingerprint density at radius 1 is 1.26 bits per heavy atom. The van der Waals surface area contributed by atoms with Gasteiger partial charge in [0.2, 0.25) is 5.91 Å². The number of carbonyl (C=O) groups is 2. The van der Waals surface area contributed by atoms with E-state index in [9.17, 15) is 14.7 Å². The number of carbonyl (C=O) groups excluding carboxylic acids is 2. The molecular weight excluding hydrogens is 344 g/mol. The summed E-state index contributed by atoms with van der Waals surface area (Å²) in [6, 6.07) is 5.49. The highest BCUT2D eigenvalue weighted by atomic mass is 16.6. The normalized spacial score (nSPS) is 41.6. The van der Waals surface area contributed by atoms with Gasteiger partial charge in [-0.1, -0.05) is 12.1 Å². The largest absolute Gasteiger partial charge is 0.506 e. The molecule has 3 saturated heterocycles. The molecule has 1 saturated carbocycles. The Hall–Kier alpha value is -2.08. The zero-order chi connectivity index (χ0) is 18.6. The number of piperidine rings is 1. The summed E-state index contributed by atoms with van der Waals surface area (Å²) in [6.07, 6.45) is 5.15. The summed E-state index contributed by atoms with van der Waals surface area (Å²) in [5.41, 5.74) is 0.328. The maximum atomic E-state index is 12.7. The number of amides is 1. The van der Waals surface area contributed by atoms with E-state index in [-0.39, 0.29) is 29.1 Å². The van der Waals surface area contributed by atoms with Gasteiger partial charge in [-0.3, -0.25) is 14.5 Å². The number of anilines is 1. The van der Waals surface area contributed by atoms with Gasteiger partial charge in [0.15, 0.2) is 5.72 Å². The average Bonchev–Trinajstić information content (AvgIpc) is 3.22. The van der Waals surface area contributed by atoms with Crippen LogP contribution in [-0.4, -0.2) is 46.7 Å². The predicted molar refractivity (Wildman–Crippen MR) is 97.3 cm³/mol. The molecule has 1 amide bonds. The SMILES string of the molecule is CC(=O)N1c2c(O)cccc2C23CCN4CCCC5(CCC12)CC(=O)OC453. The topological polar surface area (TPSA) is 70.1 Å². The van der Waals surface area contributed by atoms with Gasteiger partial charge in [0, 0.05) is 25.4 Å². The number of rotatable bonds is 0. The van der Waals surface area contributed by atoms with E-state index in [0.717, 1.165) is 50.8 Å². The third-order valence-corrected chi connectivity index (χ3v) is 8.22. The van der Waals surface area contributed by atoms with Crippen molar-refractivity contribution < 1.29 is 19.4 Å². The number of aromatic hydroxyl groups is 1. The molecule has 4 fully saturated rings. The van der Waals surface area contributed by atoms with Crippen LogP contribution in [0.5, 0.6) is 5.75 Å². The van der Waals surface area contributed by atoms with E-state index in [4.69, 9.17) is 4.74 Å². The van der Waals surface area contributed by atoms with Crippen LogP contribution in [0.1, 0.15) is 51.0 Å². The van der Waals surface area contributed by atoms with Crippen LogP contribution in [0, 0.1) is 5.41 Å². The molecule has 6 heteroatoms. The molecule has 27 heavy (non-hydrogen) atoms. The van der Waals surface area contributed by atoms with Gasteiger partial charge >= 0.3 is 5.97 Å². The van der Waals surface area contributed by atoms with Gasteiger partial charge in [0.25, 0.3) is 0 Å². The van der Waals surface area contributed by atoms with Crippen LogP contribution < -0.4 is 4.90 Å². The van der Waals surface area contributed by atoms with Crippen molar-refractivity contribution in [1.82, 2.24) is 4.90 Å². The molecule has 4 aliphatic heterocycles. The van der Waals surface area contributed by atoms with E-state index in [1.54, 1.807) is 17.9 Å². The summed E-state index contributed by atoms with van der Waals surface area (Å²) in [5.74, 6) is -0.0130. The summed E-state index contributed by atoms with van der Waals surface area (Å²) >= 11 is 0. The van der Waals surface area contributed by atoms with Crippen LogP contribution in [0.2, 0.25) is 0 Å². The molecule has 6 nitrogen and oxygen atoms in total. The number of phenolic OH excluding ortho intramolecular Hbond substituents is 1. The molecule has 1 aliphatic carbocycles.